The Hall–Kier alpha value is -1.26. The van der Waals surface area contributed by atoms with Gasteiger partial charge >= 0.3 is 0 Å². The number of aromatic nitrogens is 1. The van der Waals surface area contributed by atoms with E-state index >= 15 is 0 Å². The molecule has 2 rings (SSSR count). The van der Waals surface area contributed by atoms with Crippen molar-refractivity contribution in [2.75, 3.05) is 26.3 Å². The maximum absolute atomic E-state index is 10.8. The molecule has 0 atom stereocenters. The molecule has 1 aliphatic rings. The van der Waals surface area contributed by atoms with Crippen LogP contribution in [0, 0.1) is 0 Å². The van der Waals surface area contributed by atoms with Crippen LogP contribution in [-0.2, 0) is 11.3 Å². The summed E-state index contributed by atoms with van der Waals surface area (Å²) >= 11 is 0. The third kappa shape index (κ3) is 2.61. The molecule has 1 fully saturated rings. The number of carbonyl (C=O) groups is 1. The van der Waals surface area contributed by atoms with Crippen molar-refractivity contribution in [3.8, 4) is 0 Å². The summed E-state index contributed by atoms with van der Waals surface area (Å²) in [6.07, 6.45) is 2.46. The molecule has 0 aliphatic carbocycles. The Balaban J connectivity index is 2.05. The minimum atomic E-state index is 0.545. The van der Waals surface area contributed by atoms with Gasteiger partial charge in [-0.25, -0.2) is 0 Å². The SMILES string of the molecule is O=Cc1ncccc1CN1CCOCC1. The number of aldehydes is 1. The molecule has 80 valence electrons. The van der Waals surface area contributed by atoms with Gasteiger partial charge < -0.3 is 4.74 Å². The molecular weight excluding hydrogens is 192 g/mol. The molecule has 0 unspecified atom stereocenters. The minimum absolute atomic E-state index is 0.545. The third-order valence-corrected chi connectivity index (χ3v) is 2.54. The summed E-state index contributed by atoms with van der Waals surface area (Å²) in [6.45, 7) is 4.18. The van der Waals surface area contributed by atoms with Crippen molar-refractivity contribution < 1.29 is 9.53 Å². The number of rotatable bonds is 3. The average molecular weight is 206 g/mol. The van der Waals surface area contributed by atoms with Gasteiger partial charge in [-0.15, -0.1) is 0 Å². The maximum atomic E-state index is 10.8. The summed E-state index contributed by atoms with van der Waals surface area (Å²) in [6, 6.07) is 3.81. The molecule has 15 heavy (non-hydrogen) atoms. The Kier molecular flexibility index (Phi) is 3.42. The van der Waals surface area contributed by atoms with E-state index < -0.39 is 0 Å². The molecule has 2 heterocycles. The molecule has 1 aromatic rings. The lowest BCUT2D eigenvalue weighted by Gasteiger charge is -2.26. The van der Waals surface area contributed by atoms with Crippen LogP contribution in [0.2, 0.25) is 0 Å². The van der Waals surface area contributed by atoms with Crippen LogP contribution in [-0.4, -0.2) is 42.5 Å². The highest BCUT2D eigenvalue weighted by atomic mass is 16.5. The van der Waals surface area contributed by atoms with Gasteiger partial charge in [-0.05, 0) is 11.6 Å². The van der Waals surface area contributed by atoms with Crippen LogP contribution in [0.5, 0.6) is 0 Å². The lowest BCUT2D eigenvalue weighted by atomic mass is 10.2. The van der Waals surface area contributed by atoms with Crippen LogP contribution in [0.15, 0.2) is 18.3 Å². The quantitative estimate of drug-likeness (QED) is 0.684. The number of ether oxygens (including phenoxy) is 1. The Labute approximate surface area is 88.9 Å². The van der Waals surface area contributed by atoms with E-state index in [1.54, 1.807) is 6.20 Å². The second kappa shape index (κ2) is 5.00. The van der Waals surface area contributed by atoms with Gasteiger partial charge in [0.25, 0.3) is 0 Å². The topological polar surface area (TPSA) is 42.4 Å². The van der Waals surface area contributed by atoms with Crippen LogP contribution in [0.4, 0.5) is 0 Å². The van der Waals surface area contributed by atoms with Crippen molar-refractivity contribution in [1.29, 1.82) is 0 Å². The summed E-state index contributed by atoms with van der Waals surface area (Å²) in [4.78, 5) is 17.1. The molecule has 1 aromatic heterocycles. The van der Waals surface area contributed by atoms with E-state index in [0.717, 1.165) is 44.7 Å². The fraction of sp³-hybridized carbons (Fsp3) is 0.455. The van der Waals surface area contributed by atoms with E-state index in [-0.39, 0.29) is 0 Å². The van der Waals surface area contributed by atoms with E-state index in [2.05, 4.69) is 9.88 Å². The highest BCUT2D eigenvalue weighted by Gasteiger charge is 2.12. The van der Waals surface area contributed by atoms with Crippen molar-refractivity contribution in [3.05, 3.63) is 29.6 Å². The zero-order chi connectivity index (χ0) is 10.5. The van der Waals surface area contributed by atoms with Crippen molar-refractivity contribution in [2.45, 2.75) is 6.54 Å². The Morgan fingerprint density at radius 3 is 3.00 bits per heavy atom. The van der Waals surface area contributed by atoms with Crippen LogP contribution in [0.3, 0.4) is 0 Å². The van der Waals surface area contributed by atoms with Crippen molar-refractivity contribution in [1.82, 2.24) is 9.88 Å². The Morgan fingerprint density at radius 2 is 2.27 bits per heavy atom. The van der Waals surface area contributed by atoms with Crippen molar-refractivity contribution in [2.24, 2.45) is 0 Å². The zero-order valence-electron chi connectivity index (χ0n) is 8.56. The Bertz CT molecular complexity index is 335. The fourth-order valence-electron chi connectivity index (χ4n) is 1.69. The van der Waals surface area contributed by atoms with Crippen LogP contribution < -0.4 is 0 Å². The second-order valence-corrected chi connectivity index (χ2v) is 3.55. The molecular formula is C11H14N2O2. The molecule has 0 bridgehead atoms. The van der Waals surface area contributed by atoms with E-state index in [4.69, 9.17) is 4.74 Å². The summed E-state index contributed by atoms with van der Waals surface area (Å²) in [5, 5.41) is 0. The Morgan fingerprint density at radius 1 is 1.47 bits per heavy atom. The lowest BCUT2D eigenvalue weighted by molar-refractivity contribution is 0.0340. The van der Waals surface area contributed by atoms with Gasteiger partial charge in [-0.3, -0.25) is 14.7 Å². The highest BCUT2D eigenvalue weighted by molar-refractivity contribution is 5.73. The number of morpholine rings is 1. The average Bonchev–Trinajstić information content (AvgIpc) is 2.31. The molecule has 4 nitrogen and oxygen atoms in total. The van der Waals surface area contributed by atoms with Gasteiger partial charge in [0.2, 0.25) is 0 Å². The van der Waals surface area contributed by atoms with E-state index in [9.17, 15) is 4.79 Å². The smallest absolute Gasteiger partial charge is 0.168 e. The second-order valence-electron chi connectivity index (χ2n) is 3.55. The van der Waals surface area contributed by atoms with Gasteiger partial charge in [0.1, 0.15) is 5.69 Å². The first kappa shape index (κ1) is 10.3. The summed E-state index contributed by atoms with van der Waals surface area (Å²) in [5.41, 5.74) is 1.54. The molecule has 1 aliphatic heterocycles. The number of hydrogen-bond donors (Lipinski definition) is 0. The summed E-state index contributed by atoms with van der Waals surface area (Å²) in [5.74, 6) is 0. The maximum Gasteiger partial charge on any atom is 0.168 e. The molecule has 0 aromatic carbocycles. The largest absolute Gasteiger partial charge is 0.379 e. The molecule has 0 radical (unpaired) electrons. The number of carbonyl (C=O) groups excluding carboxylic acids is 1. The zero-order valence-corrected chi connectivity index (χ0v) is 8.56. The first-order valence-corrected chi connectivity index (χ1v) is 5.09. The first-order chi connectivity index (χ1) is 7.40. The number of nitrogens with zero attached hydrogens (tertiary/aromatic N) is 2. The number of hydrogen-bond acceptors (Lipinski definition) is 4. The normalized spacial score (nSPS) is 17.6. The third-order valence-electron chi connectivity index (χ3n) is 2.54. The summed E-state index contributed by atoms with van der Waals surface area (Å²) in [7, 11) is 0. The fourth-order valence-corrected chi connectivity index (χ4v) is 1.69. The van der Waals surface area contributed by atoms with Crippen LogP contribution in [0.25, 0.3) is 0 Å². The monoisotopic (exact) mass is 206 g/mol. The molecule has 4 heteroatoms. The molecule has 0 spiro atoms. The van der Waals surface area contributed by atoms with Crippen molar-refractivity contribution >= 4 is 6.29 Å². The molecule has 0 amide bonds. The van der Waals surface area contributed by atoms with E-state index in [1.165, 1.54) is 0 Å². The molecule has 1 saturated heterocycles. The number of pyridine rings is 1. The molecule has 0 N–H and O–H groups in total. The van der Waals surface area contributed by atoms with E-state index in [1.807, 2.05) is 12.1 Å². The predicted octanol–water partition coefficient (Wildman–Crippen LogP) is 0.726. The van der Waals surface area contributed by atoms with E-state index in [0.29, 0.717) is 5.69 Å². The van der Waals surface area contributed by atoms with Crippen LogP contribution in [0.1, 0.15) is 16.1 Å². The van der Waals surface area contributed by atoms with Gasteiger partial charge in [0.05, 0.1) is 13.2 Å². The summed E-state index contributed by atoms with van der Waals surface area (Å²) < 4.78 is 5.27. The predicted molar refractivity (Wildman–Crippen MR) is 55.7 cm³/mol. The molecule has 0 saturated carbocycles. The van der Waals surface area contributed by atoms with Crippen molar-refractivity contribution in [3.63, 3.8) is 0 Å². The standard InChI is InChI=1S/C11H14N2O2/c14-9-11-10(2-1-3-12-11)8-13-4-6-15-7-5-13/h1-3,9H,4-8H2. The first-order valence-electron chi connectivity index (χ1n) is 5.09. The highest BCUT2D eigenvalue weighted by Crippen LogP contribution is 2.08. The van der Waals surface area contributed by atoms with Gasteiger partial charge in [0, 0.05) is 25.8 Å². The van der Waals surface area contributed by atoms with Gasteiger partial charge in [0.15, 0.2) is 6.29 Å². The minimum Gasteiger partial charge on any atom is -0.379 e. The van der Waals surface area contributed by atoms with Gasteiger partial charge in [-0.1, -0.05) is 6.07 Å². The lowest BCUT2D eigenvalue weighted by Crippen LogP contribution is -2.35. The van der Waals surface area contributed by atoms with Crippen LogP contribution >= 0.6 is 0 Å². The van der Waals surface area contributed by atoms with Gasteiger partial charge in [-0.2, -0.15) is 0 Å².